The Morgan fingerprint density at radius 3 is 2.08 bits per heavy atom. The summed E-state index contributed by atoms with van der Waals surface area (Å²) < 4.78 is 11.6. The van der Waals surface area contributed by atoms with Gasteiger partial charge in [-0.1, -0.05) is 19.1 Å². The highest BCUT2D eigenvalue weighted by Gasteiger charge is 2.37. The van der Waals surface area contributed by atoms with Gasteiger partial charge in [0, 0.05) is 61.7 Å². The number of terminal acetylenes is 1. The number of rotatable bonds is 19. The van der Waals surface area contributed by atoms with E-state index in [1.807, 2.05) is 31.2 Å². The molecule has 2 aliphatic rings. The third-order valence-corrected chi connectivity index (χ3v) is 8.74. The van der Waals surface area contributed by atoms with E-state index in [0.717, 1.165) is 60.2 Å². The van der Waals surface area contributed by atoms with E-state index in [9.17, 15) is 29.4 Å². The van der Waals surface area contributed by atoms with Crippen molar-refractivity contribution in [1.82, 2.24) is 15.4 Å². The second kappa shape index (κ2) is 18.1. The Bertz CT molecular complexity index is 1780. The summed E-state index contributed by atoms with van der Waals surface area (Å²) in [6.07, 6.45) is 9.18. The average molecular weight is 716 g/mol. The van der Waals surface area contributed by atoms with Crippen molar-refractivity contribution in [3.8, 4) is 35.2 Å². The molecule has 2 heterocycles. The molecule has 1 fully saturated rings. The SMILES string of the molecule is C#CCCCNC1OC1CCCC(=O)Nc1ccc2c(c1)C(COC(=O)On1c(O)ccc1O)c1cc(NC(=O)CCCC(=O)NCCC)ccc1-2. The normalized spacial score (nSPS) is 16.6. The molecule has 1 saturated heterocycles. The van der Waals surface area contributed by atoms with Gasteiger partial charge in [0.25, 0.3) is 0 Å². The van der Waals surface area contributed by atoms with Gasteiger partial charge in [-0.05, 0) is 85.2 Å². The van der Waals surface area contributed by atoms with E-state index in [0.29, 0.717) is 48.3 Å². The van der Waals surface area contributed by atoms with E-state index in [-0.39, 0.29) is 49.5 Å². The molecule has 6 N–H and O–H groups in total. The zero-order chi connectivity index (χ0) is 37.0. The summed E-state index contributed by atoms with van der Waals surface area (Å²) in [7, 11) is 0. The van der Waals surface area contributed by atoms with Crippen LogP contribution < -0.4 is 26.1 Å². The van der Waals surface area contributed by atoms with E-state index in [1.165, 1.54) is 0 Å². The summed E-state index contributed by atoms with van der Waals surface area (Å²) in [4.78, 5) is 55.1. The first-order chi connectivity index (χ1) is 25.2. The quantitative estimate of drug-likeness (QED) is 0.0437. The lowest BCUT2D eigenvalue weighted by molar-refractivity contribution is -0.121. The standard InChI is InChI=1S/C38H45N5O9/c1-3-5-6-20-40-37-31(51-37)9-7-11-33(45)41-24-13-15-26-27-16-14-25(42-34(46)12-8-10-32(44)39-19-4-2)22-29(27)30(28(26)21-24)23-50-38(49)52-43-35(47)17-18-36(43)48/h1,13-18,21-22,30-31,37,40,47-48H,4-12,19-20,23H2,2H3,(H,39,44)(H,41,45)(H,42,46). The lowest BCUT2D eigenvalue weighted by Crippen LogP contribution is -2.24. The predicted octanol–water partition coefficient (Wildman–Crippen LogP) is 4.75. The topological polar surface area (TPSA) is 193 Å². The molecular formula is C38H45N5O9. The number of hydrogen-bond donors (Lipinski definition) is 6. The second-order valence-corrected chi connectivity index (χ2v) is 12.7. The van der Waals surface area contributed by atoms with Gasteiger partial charge in [0.15, 0.2) is 0 Å². The van der Waals surface area contributed by atoms with Gasteiger partial charge in [-0.3, -0.25) is 24.5 Å². The first-order valence-electron chi connectivity index (χ1n) is 17.6. The number of unbranched alkanes of at least 4 members (excludes halogenated alkanes) is 1. The number of nitrogens with one attached hydrogen (secondary N) is 4. The van der Waals surface area contributed by atoms with E-state index in [4.69, 9.17) is 20.7 Å². The van der Waals surface area contributed by atoms with Gasteiger partial charge in [0.2, 0.25) is 29.5 Å². The van der Waals surface area contributed by atoms with Crippen molar-refractivity contribution in [2.75, 3.05) is 30.3 Å². The minimum atomic E-state index is -1.17. The van der Waals surface area contributed by atoms with Crippen LogP contribution in [0.3, 0.4) is 0 Å². The molecule has 1 aromatic heterocycles. The summed E-state index contributed by atoms with van der Waals surface area (Å²) in [5.74, 6) is 0.623. The number of anilines is 2. The van der Waals surface area contributed by atoms with Crippen LogP contribution in [0.5, 0.6) is 11.8 Å². The first kappa shape index (κ1) is 37.7. The van der Waals surface area contributed by atoms with E-state index in [1.54, 1.807) is 12.1 Å². The van der Waals surface area contributed by atoms with Crippen LogP contribution in [-0.4, -0.2) is 70.8 Å². The number of aromatic hydroxyl groups is 2. The number of amides is 3. The fraction of sp³-hybridized carbons (Fsp3) is 0.421. The summed E-state index contributed by atoms with van der Waals surface area (Å²) in [6.45, 7) is 3.16. The molecule has 1 aliphatic carbocycles. The van der Waals surface area contributed by atoms with Crippen LogP contribution in [0.4, 0.5) is 16.2 Å². The molecule has 52 heavy (non-hydrogen) atoms. The molecule has 2 aromatic carbocycles. The van der Waals surface area contributed by atoms with E-state index in [2.05, 4.69) is 27.2 Å². The predicted molar refractivity (Wildman–Crippen MR) is 192 cm³/mol. The van der Waals surface area contributed by atoms with Crippen molar-refractivity contribution in [1.29, 1.82) is 0 Å². The largest absolute Gasteiger partial charge is 0.534 e. The second-order valence-electron chi connectivity index (χ2n) is 12.7. The molecule has 0 radical (unpaired) electrons. The number of aromatic nitrogens is 1. The minimum absolute atomic E-state index is 0.00709. The number of hydrogen-bond acceptors (Lipinski definition) is 10. The maximum absolute atomic E-state index is 12.9. The fourth-order valence-electron chi connectivity index (χ4n) is 6.09. The lowest BCUT2D eigenvalue weighted by Gasteiger charge is -2.16. The molecule has 14 heteroatoms. The van der Waals surface area contributed by atoms with Crippen LogP contribution in [0.25, 0.3) is 11.1 Å². The number of nitrogens with zero attached hydrogens (tertiary/aromatic N) is 1. The molecule has 0 saturated carbocycles. The van der Waals surface area contributed by atoms with Gasteiger partial charge < -0.3 is 35.6 Å². The Hall–Kier alpha value is -5.52. The maximum atomic E-state index is 12.9. The van der Waals surface area contributed by atoms with Crippen LogP contribution in [0.1, 0.15) is 81.8 Å². The number of carbonyl (C=O) groups excluding carboxylic acids is 4. The Morgan fingerprint density at radius 1 is 0.846 bits per heavy atom. The molecule has 3 atom stereocenters. The number of fused-ring (bicyclic) bond motifs is 3. The minimum Gasteiger partial charge on any atom is -0.492 e. The smallest absolute Gasteiger partial charge is 0.492 e. The van der Waals surface area contributed by atoms with Gasteiger partial charge in [-0.15, -0.1) is 17.1 Å². The van der Waals surface area contributed by atoms with Crippen molar-refractivity contribution in [2.45, 2.75) is 83.0 Å². The Morgan fingerprint density at radius 2 is 1.46 bits per heavy atom. The molecular weight excluding hydrogens is 670 g/mol. The molecule has 0 spiro atoms. The summed E-state index contributed by atoms with van der Waals surface area (Å²) in [6, 6.07) is 13.3. The van der Waals surface area contributed by atoms with E-state index >= 15 is 0 Å². The Balaban J connectivity index is 1.22. The van der Waals surface area contributed by atoms with Gasteiger partial charge in [-0.25, -0.2) is 4.79 Å². The van der Waals surface area contributed by atoms with Crippen molar-refractivity contribution >= 4 is 35.3 Å². The summed E-state index contributed by atoms with van der Waals surface area (Å²) in [5.41, 5.74) is 4.35. The molecule has 1 aliphatic heterocycles. The fourth-order valence-corrected chi connectivity index (χ4v) is 6.09. The average Bonchev–Trinajstić information content (AvgIpc) is 3.70. The number of carbonyl (C=O) groups is 4. The number of ether oxygens (including phenoxy) is 2. The van der Waals surface area contributed by atoms with Gasteiger partial charge in [0.05, 0.1) is 6.10 Å². The van der Waals surface area contributed by atoms with Gasteiger partial charge >= 0.3 is 6.16 Å². The highest BCUT2D eigenvalue weighted by atomic mass is 16.8. The lowest BCUT2D eigenvalue weighted by atomic mass is 9.97. The molecule has 3 aromatic rings. The zero-order valence-electron chi connectivity index (χ0n) is 29.1. The highest BCUT2D eigenvalue weighted by Crippen LogP contribution is 2.47. The van der Waals surface area contributed by atoms with Gasteiger partial charge in [-0.2, -0.15) is 0 Å². The monoisotopic (exact) mass is 715 g/mol. The number of benzene rings is 2. The van der Waals surface area contributed by atoms with Crippen LogP contribution >= 0.6 is 0 Å². The molecule has 3 unspecified atom stereocenters. The van der Waals surface area contributed by atoms with Crippen molar-refractivity contribution in [3.05, 3.63) is 59.7 Å². The first-order valence-corrected chi connectivity index (χ1v) is 17.6. The van der Waals surface area contributed by atoms with E-state index < -0.39 is 23.8 Å². The Kier molecular flexibility index (Phi) is 13.1. The van der Waals surface area contributed by atoms with Gasteiger partial charge in [0.1, 0.15) is 12.8 Å². The number of epoxide rings is 1. The van der Waals surface area contributed by atoms with Crippen molar-refractivity contribution in [2.24, 2.45) is 0 Å². The molecule has 276 valence electrons. The van der Waals surface area contributed by atoms with Crippen molar-refractivity contribution < 1.29 is 43.7 Å². The zero-order valence-corrected chi connectivity index (χ0v) is 29.1. The molecule has 14 nitrogen and oxygen atoms in total. The molecule has 5 rings (SSSR count). The summed E-state index contributed by atoms with van der Waals surface area (Å²) in [5, 5.41) is 31.7. The maximum Gasteiger partial charge on any atom is 0.534 e. The molecule has 3 amide bonds. The van der Waals surface area contributed by atoms with Crippen molar-refractivity contribution in [3.63, 3.8) is 0 Å². The third kappa shape index (κ3) is 10.3. The van der Waals surface area contributed by atoms with Crippen LogP contribution in [0.15, 0.2) is 48.5 Å². The van der Waals surface area contributed by atoms with Crippen LogP contribution in [0.2, 0.25) is 0 Å². The third-order valence-electron chi connectivity index (χ3n) is 8.74. The molecule has 0 bridgehead atoms. The highest BCUT2D eigenvalue weighted by molar-refractivity contribution is 5.94. The Labute approximate surface area is 302 Å². The summed E-state index contributed by atoms with van der Waals surface area (Å²) >= 11 is 0. The van der Waals surface area contributed by atoms with Crippen LogP contribution in [0, 0.1) is 12.3 Å². The van der Waals surface area contributed by atoms with Crippen LogP contribution in [-0.2, 0) is 23.9 Å².